The van der Waals surface area contributed by atoms with E-state index in [0.717, 1.165) is 21.3 Å². The quantitative estimate of drug-likeness (QED) is 0.700. The number of aliphatic imine (C=N–C) groups is 1. The van der Waals surface area contributed by atoms with Crippen LogP contribution in [0.1, 0.15) is 17.5 Å². The minimum atomic E-state index is -3.11. The third kappa shape index (κ3) is 3.61. The zero-order valence-electron chi connectivity index (χ0n) is 13.7. The number of hydrogen-bond donors (Lipinski definition) is 0. The maximum Gasteiger partial charge on any atom is 0.262 e. The highest BCUT2D eigenvalue weighted by Gasteiger charge is 2.50. The Morgan fingerprint density at radius 2 is 2.04 bits per heavy atom. The number of amidine groups is 1. The van der Waals surface area contributed by atoms with Gasteiger partial charge in [0, 0.05) is 15.4 Å². The molecule has 0 radical (unpaired) electrons. The van der Waals surface area contributed by atoms with Crippen LogP contribution in [0.25, 0.3) is 0 Å². The van der Waals surface area contributed by atoms with Gasteiger partial charge < -0.3 is 4.90 Å². The highest BCUT2D eigenvalue weighted by Crippen LogP contribution is 2.43. The monoisotopic (exact) mass is 441 g/mol. The summed E-state index contributed by atoms with van der Waals surface area (Å²) in [6.07, 6.45) is -0.288. The predicted molar refractivity (Wildman–Crippen MR) is 103 cm³/mol. The highest BCUT2D eigenvalue weighted by molar-refractivity contribution is 9.10. The third-order valence-corrected chi connectivity index (χ3v) is 7.88. The Balaban J connectivity index is 2.11. The Labute approximate surface area is 159 Å². The molecule has 25 heavy (non-hydrogen) atoms. The van der Waals surface area contributed by atoms with E-state index in [1.54, 1.807) is 6.07 Å². The van der Waals surface area contributed by atoms with E-state index in [0.29, 0.717) is 5.17 Å². The maximum atomic E-state index is 12.1. The standard InChI is InChI=1S/C16H16BrN3O3S2/c1-9-5-11(17)6-10(2)15(9)20-12-7-25(22,23)8-13(12)24-16(20)19-14(21)3-4-18/h5-6,12-13H,3,7-8H2,1-2H3/t12-,13-/m0/s1. The Kier molecular flexibility index (Phi) is 4.97. The van der Waals surface area contributed by atoms with Crippen molar-refractivity contribution >= 4 is 54.3 Å². The van der Waals surface area contributed by atoms with Crippen LogP contribution in [0, 0.1) is 25.2 Å². The molecule has 0 bridgehead atoms. The van der Waals surface area contributed by atoms with Gasteiger partial charge in [-0.3, -0.25) is 4.79 Å². The molecule has 1 aromatic carbocycles. The van der Waals surface area contributed by atoms with Crippen molar-refractivity contribution in [3.05, 3.63) is 27.7 Å². The number of nitrogens with zero attached hydrogens (tertiary/aromatic N) is 3. The molecule has 2 aliphatic rings. The Hall–Kier alpha value is -1.37. The molecule has 2 fully saturated rings. The molecule has 2 aliphatic heterocycles. The molecule has 1 aromatic rings. The molecular formula is C16H16BrN3O3S2. The van der Waals surface area contributed by atoms with Crippen molar-refractivity contribution in [3.63, 3.8) is 0 Å². The van der Waals surface area contributed by atoms with E-state index in [1.807, 2.05) is 30.9 Å². The molecule has 2 saturated heterocycles. The fourth-order valence-corrected chi connectivity index (χ4v) is 7.93. The van der Waals surface area contributed by atoms with Crippen molar-refractivity contribution in [2.75, 3.05) is 16.4 Å². The normalized spacial score (nSPS) is 25.8. The molecule has 0 spiro atoms. The van der Waals surface area contributed by atoms with Gasteiger partial charge in [0.05, 0.1) is 23.6 Å². The molecule has 0 unspecified atom stereocenters. The van der Waals surface area contributed by atoms with E-state index < -0.39 is 15.7 Å². The zero-order chi connectivity index (χ0) is 18.4. The minimum absolute atomic E-state index is 0.0467. The number of nitriles is 1. The predicted octanol–water partition coefficient (Wildman–Crippen LogP) is 2.58. The summed E-state index contributed by atoms with van der Waals surface area (Å²) >= 11 is 4.78. The van der Waals surface area contributed by atoms with Gasteiger partial charge in [0.1, 0.15) is 6.42 Å². The molecular weight excluding hydrogens is 426 g/mol. The fraction of sp³-hybridized carbons (Fsp3) is 0.438. The molecule has 0 N–H and O–H groups in total. The van der Waals surface area contributed by atoms with Crippen molar-refractivity contribution in [1.29, 1.82) is 5.26 Å². The number of halogens is 1. The van der Waals surface area contributed by atoms with Crippen LogP contribution in [0.3, 0.4) is 0 Å². The molecule has 2 heterocycles. The van der Waals surface area contributed by atoms with Crippen LogP contribution in [-0.2, 0) is 14.6 Å². The van der Waals surface area contributed by atoms with E-state index in [9.17, 15) is 13.2 Å². The summed E-state index contributed by atoms with van der Waals surface area (Å²) in [6.45, 7) is 3.90. The van der Waals surface area contributed by atoms with Crippen LogP contribution in [-0.4, -0.2) is 42.3 Å². The summed E-state index contributed by atoms with van der Waals surface area (Å²) in [5.74, 6) is -0.380. The van der Waals surface area contributed by atoms with Crippen LogP contribution >= 0.6 is 27.7 Å². The average molecular weight is 442 g/mol. The summed E-state index contributed by atoms with van der Waals surface area (Å²) in [4.78, 5) is 17.8. The lowest BCUT2D eigenvalue weighted by atomic mass is 10.1. The second kappa shape index (κ2) is 6.74. The van der Waals surface area contributed by atoms with Crippen molar-refractivity contribution in [3.8, 4) is 6.07 Å². The first kappa shape index (κ1) is 18.4. The number of amides is 1. The number of anilines is 1. The van der Waals surface area contributed by atoms with E-state index in [-0.39, 0.29) is 29.2 Å². The molecule has 132 valence electrons. The van der Waals surface area contributed by atoms with Gasteiger partial charge in [-0.1, -0.05) is 27.7 Å². The van der Waals surface area contributed by atoms with Crippen molar-refractivity contribution in [2.45, 2.75) is 31.6 Å². The van der Waals surface area contributed by atoms with Crippen LogP contribution in [0.4, 0.5) is 5.69 Å². The van der Waals surface area contributed by atoms with Crippen molar-refractivity contribution < 1.29 is 13.2 Å². The molecule has 0 aromatic heterocycles. The van der Waals surface area contributed by atoms with Gasteiger partial charge in [-0.2, -0.15) is 10.3 Å². The van der Waals surface area contributed by atoms with E-state index in [4.69, 9.17) is 5.26 Å². The molecule has 2 atom stereocenters. The number of aryl methyl sites for hydroxylation is 2. The molecule has 0 saturated carbocycles. The lowest BCUT2D eigenvalue weighted by Crippen LogP contribution is -2.38. The third-order valence-electron chi connectivity index (χ3n) is 4.21. The number of benzene rings is 1. The van der Waals surface area contributed by atoms with E-state index in [2.05, 4.69) is 20.9 Å². The number of thioether (sulfide) groups is 1. The van der Waals surface area contributed by atoms with Gasteiger partial charge in [0.2, 0.25) is 0 Å². The maximum absolute atomic E-state index is 12.1. The van der Waals surface area contributed by atoms with Gasteiger partial charge in [0.15, 0.2) is 15.0 Å². The lowest BCUT2D eigenvalue weighted by Gasteiger charge is -2.28. The van der Waals surface area contributed by atoms with Crippen LogP contribution in [0.5, 0.6) is 0 Å². The molecule has 9 heteroatoms. The average Bonchev–Trinajstić information content (AvgIpc) is 2.91. The molecule has 6 nitrogen and oxygen atoms in total. The van der Waals surface area contributed by atoms with Gasteiger partial charge in [0.25, 0.3) is 5.91 Å². The number of carbonyl (C=O) groups is 1. The smallest absolute Gasteiger partial charge is 0.262 e. The second-order valence-corrected chi connectivity index (χ2v) is 10.5. The lowest BCUT2D eigenvalue weighted by molar-refractivity contribution is -0.116. The minimum Gasteiger partial charge on any atom is -0.315 e. The Bertz CT molecular complexity index is 898. The van der Waals surface area contributed by atoms with Gasteiger partial charge in [-0.25, -0.2) is 8.42 Å². The molecule has 0 aliphatic carbocycles. The largest absolute Gasteiger partial charge is 0.315 e. The number of carbonyl (C=O) groups excluding carboxylic acids is 1. The van der Waals surface area contributed by atoms with E-state index in [1.165, 1.54) is 11.8 Å². The number of rotatable bonds is 2. The topological polar surface area (TPSA) is 90.6 Å². The first-order chi connectivity index (χ1) is 11.7. The van der Waals surface area contributed by atoms with Gasteiger partial charge >= 0.3 is 0 Å². The van der Waals surface area contributed by atoms with Crippen molar-refractivity contribution in [2.24, 2.45) is 4.99 Å². The summed E-state index contributed by atoms with van der Waals surface area (Å²) in [5.41, 5.74) is 2.82. The van der Waals surface area contributed by atoms with Crippen LogP contribution < -0.4 is 4.90 Å². The second-order valence-electron chi connectivity index (χ2n) is 6.18. The number of hydrogen-bond acceptors (Lipinski definition) is 5. The summed E-state index contributed by atoms with van der Waals surface area (Å²) in [7, 11) is -3.11. The fourth-order valence-electron chi connectivity index (χ4n) is 3.32. The summed E-state index contributed by atoms with van der Waals surface area (Å²) in [6, 6.07) is 5.47. The van der Waals surface area contributed by atoms with E-state index >= 15 is 0 Å². The van der Waals surface area contributed by atoms with Crippen LogP contribution in [0.2, 0.25) is 0 Å². The first-order valence-electron chi connectivity index (χ1n) is 7.63. The highest BCUT2D eigenvalue weighted by atomic mass is 79.9. The Morgan fingerprint density at radius 3 is 2.64 bits per heavy atom. The summed E-state index contributed by atoms with van der Waals surface area (Å²) < 4.78 is 25.1. The SMILES string of the molecule is Cc1cc(Br)cc(C)c1N1C(=NC(=O)CC#N)S[C@H]2CS(=O)(=O)C[C@@H]21. The Morgan fingerprint density at radius 1 is 1.40 bits per heavy atom. The van der Waals surface area contributed by atoms with Crippen LogP contribution in [0.15, 0.2) is 21.6 Å². The van der Waals surface area contributed by atoms with Crippen molar-refractivity contribution in [1.82, 2.24) is 0 Å². The zero-order valence-corrected chi connectivity index (χ0v) is 16.9. The molecule has 3 rings (SSSR count). The number of sulfone groups is 1. The molecule has 1 amide bonds. The summed E-state index contributed by atoms with van der Waals surface area (Å²) in [5, 5.41) is 9.03. The number of fused-ring (bicyclic) bond motifs is 1. The first-order valence-corrected chi connectivity index (χ1v) is 11.1. The van der Waals surface area contributed by atoms with Gasteiger partial charge in [-0.05, 0) is 37.1 Å². The van der Waals surface area contributed by atoms with Gasteiger partial charge in [-0.15, -0.1) is 0 Å².